The number of benzene rings is 1. The summed E-state index contributed by atoms with van der Waals surface area (Å²) in [6, 6.07) is 8.90. The number of carbonyl (C=O) groups is 1. The number of aromatic nitrogens is 2. The molecule has 2 heterocycles. The molecule has 0 aliphatic heterocycles. The van der Waals surface area contributed by atoms with Crippen LogP contribution in [-0.4, -0.2) is 29.2 Å². The summed E-state index contributed by atoms with van der Waals surface area (Å²) >= 11 is 0. The maximum absolute atomic E-state index is 12.9. The van der Waals surface area contributed by atoms with Crippen molar-refractivity contribution in [1.82, 2.24) is 10.1 Å². The summed E-state index contributed by atoms with van der Waals surface area (Å²) in [4.78, 5) is 17.2. The zero-order valence-electron chi connectivity index (χ0n) is 15.5. The number of carbonyl (C=O) groups excluding carboxylic acids is 1. The third-order valence-electron chi connectivity index (χ3n) is 3.89. The molecule has 1 amide bonds. The summed E-state index contributed by atoms with van der Waals surface area (Å²) in [5.41, 5.74) is 8.38. The van der Waals surface area contributed by atoms with Gasteiger partial charge in [-0.3, -0.25) is 4.79 Å². The predicted molar refractivity (Wildman–Crippen MR) is 107 cm³/mol. The van der Waals surface area contributed by atoms with Crippen LogP contribution in [0.15, 0.2) is 34.9 Å². The third kappa shape index (κ3) is 4.56. The molecule has 0 saturated carbocycles. The first-order valence-corrected chi connectivity index (χ1v) is 8.50. The number of ether oxygens (including phenoxy) is 1. The van der Waals surface area contributed by atoms with Crippen LogP contribution in [0.5, 0.6) is 5.75 Å². The minimum Gasteiger partial charge on any atom is -0.492 e. The van der Waals surface area contributed by atoms with Crippen molar-refractivity contribution in [1.29, 1.82) is 0 Å². The van der Waals surface area contributed by atoms with E-state index in [0.717, 1.165) is 5.69 Å². The normalized spacial score (nSPS) is 10.7. The van der Waals surface area contributed by atoms with Gasteiger partial charge in [0, 0.05) is 17.9 Å². The quantitative estimate of drug-likeness (QED) is 0.665. The van der Waals surface area contributed by atoms with E-state index in [-0.39, 0.29) is 24.2 Å². The molecular weight excluding hydrogens is 368 g/mol. The zero-order valence-corrected chi connectivity index (χ0v) is 16.3. The number of rotatable bonds is 6. The molecule has 0 saturated heterocycles. The number of pyridine rings is 1. The van der Waals surface area contributed by atoms with Gasteiger partial charge in [0.1, 0.15) is 12.4 Å². The standard InChI is InChI=1S/C19H22N4O3.ClH/c1-11(2)17-16-15(10-12(3)21-19(16)26-23-17)18(24)22-13-4-6-14(7-5-13)25-9-8-20;/h4-7,10-11H,8-9,20H2,1-3H3,(H,22,24);1H. The van der Waals surface area contributed by atoms with Gasteiger partial charge in [-0.05, 0) is 43.2 Å². The second kappa shape index (κ2) is 8.83. The summed E-state index contributed by atoms with van der Waals surface area (Å²) in [6.45, 7) is 6.72. The lowest BCUT2D eigenvalue weighted by Gasteiger charge is -2.09. The number of anilines is 1. The van der Waals surface area contributed by atoms with Crippen LogP contribution in [0.2, 0.25) is 0 Å². The number of hydrogen-bond acceptors (Lipinski definition) is 6. The average Bonchev–Trinajstić information content (AvgIpc) is 3.04. The van der Waals surface area contributed by atoms with Gasteiger partial charge in [-0.2, -0.15) is 0 Å². The Morgan fingerprint density at radius 2 is 2.00 bits per heavy atom. The number of fused-ring (bicyclic) bond motifs is 1. The summed E-state index contributed by atoms with van der Waals surface area (Å²) in [7, 11) is 0. The number of halogens is 1. The fraction of sp³-hybridized carbons (Fsp3) is 0.316. The van der Waals surface area contributed by atoms with Crippen molar-refractivity contribution in [2.24, 2.45) is 5.73 Å². The third-order valence-corrected chi connectivity index (χ3v) is 3.89. The Balaban J connectivity index is 0.00000261. The number of nitrogens with one attached hydrogen (secondary N) is 1. The first-order valence-electron chi connectivity index (χ1n) is 8.50. The van der Waals surface area contributed by atoms with Crippen LogP contribution in [0.4, 0.5) is 5.69 Å². The minimum atomic E-state index is -0.235. The van der Waals surface area contributed by atoms with Gasteiger partial charge in [-0.25, -0.2) is 4.98 Å². The van der Waals surface area contributed by atoms with Crippen LogP contribution in [0.1, 0.15) is 41.5 Å². The SMILES string of the molecule is Cc1cc(C(=O)Nc2ccc(OCCN)cc2)c2c(C(C)C)noc2n1.Cl. The number of hydrogen-bond donors (Lipinski definition) is 2. The van der Waals surface area contributed by atoms with E-state index in [2.05, 4.69) is 15.5 Å². The second-order valence-electron chi connectivity index (χ2n) is 6.33. The van der Waals surface area contributed by atoms with Gasteiger partial charge in [0.05, 0.1) is 16.6 Å². The van der Waals surface area contributed by atoms with Gasteiger partial charge >= 0.3 is 0 Å². The summed E-state index contributed by atoms with van der Waals surface area (Å²) in [6.07, 6.45) is 0. The molecule has 0 bridgehead atoms. The highest BCUT2D eigenvalue weighted by atomic mass is 35.5. The van der Waals surface area contributed by atoms with Gasteiger partial charge in [0.25, 0.3) is 11.6 Å². The monoisotopic (exact) mass is 390 g/mol. The fourth-order valence-electron chi connectivity index (χ4n) is 2.68. The molecule has 27 heavy (non-hydrogen) atoms. The Hall–Kier alpha value is -2.64. The molecule has 7 nitrogen and oxygen atoms in total. The Kier molecular flexibility index (Phi) is 6.76. The molecule has 3 rings (SSSR count). The maximum Gasteiger partial charge on any atom is 0.259 e. The van der Waals surface area contributed by atoms with E-state index in [1.165, 1.54) is 0 Å². The number of nitrogens with two attached hydrogens (primary N) is 1. The van der Waals surface area contributed by atoms with E-state index in [4.69, 9.17) is 15.0 Å². The van der Waals surface area contributed by atoms with E-state index in [1.807, 2.05) is 20.8 Å². The molecule has 144 valence electrons. The van der Waals surface area contributed by atoms with E-state index in [1.54, 1.807) is 30.3 Å². The Bertz CT molecular complexity index is 923. The lowest BCUT2D eigenvalue weighted by Crippen LogP contribution is -2.14. The average molecular weight is 391 g/mol. The van der Waals surface area contributed by atoms with Crippen LogP contribution < -0.4 is 15.8 Å². The van der Waals surface area contributed by atoms with Crippen molar-refractivity contribution >= 4 is 35.1 Å². The van der Waals surface area contributed by atoms with Gasteiger partial charge < -0.3 is 20.3 Å². The highest BCUT2D eigenvalue weighted by molar-refractivity contribution is 6.12. The topological polar surface area (TPSA) is 103 Å². The van der Waals surface area contributed by atoms with Gasteiger partial charge in [0.15, 0.2) is 0 Å². The van der Waals surface area contributed by atoms with E-state index >= 15 is 0 Å². The van der Waals surface area contributed by atoms with Crippen molar-refractivity contribution in [2.75, 3.05) is 18.5 Å². The Labute approximate surface area is 163 Å². The number of aryl methyl sites for hydroxylation is 1. The Morgan fingerprint density at radius 3 is 2.63 bits per heavy atom. The van der Waals surface area contributed by atoms with E-state index in [0.29, 0.717) is 46.9 Å². The zero-order chi connectivity index (χ0) is 18.7. The van der Waals surface area contributed by atoms with Crippen molar-refractivity contribution < 1.29 is 14.1 Å². The Morgan fingerprint density at radius 1 is 1.30 bits per heavy atom. The molecule has 3 N–H and O–H groups in total. The first-order chi connectivity index (χ1) is 12.5. The largest absolute Gasteiger partial charge is 0.492 e. The predicted octanol–water partition coefficient (Wildman–Crippen LogP) is 3.67. The van der Waals surface area contributed by atoms with Crippen molar-refractivity contribution in [3.05, 3.63) is 47.3 Å². The van der Waals surface area contributed by atoms with Crippen LogP contribution in [0, 0.1) is 6.92 Å². The lowest BCUT2D eigenvalue weighted by atomic mass is 10.0. The van der Waals surface area contributed by atoms with Crippen molar-refractivity contribution in [3.8, 4) is 5.75 Å². The first kappa shape index (κ1) is 20.7. The van der Waals surface area contributed by atoms with Crippen LogP contribution in [-0.2, 0) is 0 Å². The van der Waals surface area contributed by atoms with Crippen LogP contribution >= 0.6 is 12.4 Å². The van der Waals surface area contributed by atoms with Gasteiger partial charge in [-0.15, -0.1) is 12.4 Å². The molecule has 0 fully saturated rings. The van der Waals surface area contributed by atoms with Crippen LogP contribution in [0.25, 0.3) is 11.1 Å². The van der Waals surface area contributed by atoms with Crippen molar-refractivity contribution in [3.63, 3.8) is 0 Å². The second-order valence-corrected chi connectivity index (χ2v) is 6.33. The molecule has 8 heteroatoms. The molecule has 0 aliphatic carbocycles. The molecule has 0 unspecified atom stereocenters. The molecule has 0 spiro atoms. The molecule has 0 radical (unpaired) electrons. The maximum atomic E-state index is 12.9. The summed E-state index contributed by atoms with van der Waals surface area (Å²) < 4.78 is 10.8. The van der Waals surface area contributed by atoms with E-state index in [9.17, 15) is 4.79 Å². The molecular formula is C19H23ClN4O3. The van der Waals surface area contributed by atoms with Crippen LogP contribution in [0.3, 0.4) is 0 Å². The van der Waals surface area contributed by atoms with E-state index < -0.39 is 0 Å². The summed E-state index contributed by atoms with van der Waals surface area (Å²) in [5, 5.41) is 7.64. The molecule has 0 atom stereocenters. The highest BCUT2D eigenvalue weighted by Gasteiger charge is 2.21. The molecule has 3 aromatic rings. The fourth-order valence-corrected chi connectivity index (χ4v) is 2.68. The van der Waals surface area contributed by atoms with Crippen molar-refractivity contribution in [2.45, 2.75) is 26.7 Å². The number of nitrogens with zero attached hydrogens (tertiary/aromatic N) is 2. The smallest absolute Gasteiger partial charge is 0.259 e. The minimum absolute atomic E-state index is 0. The lowest BCUT2D eigenvalue weighted by molar-refractivity contribution is 0.102. The molecule has 2 aromatic heterocycles. The number of amides is 1. The van der Waals surface area contributed by atoms with Gasteiger partial charge in [0.2, 0.25) is 0 Å². The molecule has 1 aromatic carbocycles. The highest BCUT2D eigenvalue weighted by Crippen LogP contribution is 2.28. The summed E-state index contributed by atoms with van der Waals surface area (Å²) in [5.74, 6) is 0.587. The van der Waals surface area contributed by atoms with Gasteiger partial charge in [-0.1, -0.05) is 19.0 Å². The molecule has 0 aliphatic rings.